The molecule has 1 aliphatic carbocycles. The lowest BCUT2D eigenvalue weighted by molar-refractivity contribution is -0.308. The Balaban J connectivity index is 1.72. The third-order valence-corrected chi connectivity index (χ3v) is 6.07. The van der Waals surface area contributed by atoms with Gasteiger partial charge in [-0.1, -0.05) is 0 Å². The average molecular weight is 602 g/mol. The molecule has 4 rings (SSSR count). The number of aliphatic hydroxyl groups is 2. The largest absolute Gasteiger partial charge is 0.550 e. The molecular weight excluding hydrogens is 580 g/mol. The highest BCUT2D eigenvalue weighted by atomic mass is 16.7. The Hall–Kier alpha value is -5.19. The van der Waals surface area contributed by atoms with Crippen molar-refractivity contribution in [3.8, 4) is 39.9 Å². The lowest BCUT2D eigenvalue weighted by Gasteiger charge is -2.41. The Morgan fingerprint density at radius 2 is 1.53 bits per heavy atom. The van der Waals surface area contributed by atoms with E-state index < -0.39 is 85.2 Å². The maximum absolute atomic E-state index is 12.1. The van der Waals surface area contributed by atoms with Crippen LogP contribution >= 0.6 is 0 Å². The summed E-state index contributed by atoms with van der Waals surface area (Å²) in [6.07, 6.45) is -11.8. The fourth-order valence-electron chi connectivity index (χ4n) is 4.13. The van der Waals surface area contributed by atoms with Crippen molar-refractivity contribution in [1.29, 1.82) is 0 Å². The molecule has 0 aromatic heterocycles. The molecule has 16 nitrogen and oxygen atoms in total. The topological polar surface area (TPSA) is 262 Å². The van der Waals surface area contributed by atoms with E-state index in [1.165, 1.54) is 30.3 Å². The van der Waals surface area contributed by atoms with Crippen LogP contribution in [0, 0.1) is 0 Å². The van der Waals surface area contributed by atoms with E-state index in [2.05, 4.69) is 0 Å². The number of aliphatic hydroxyl groups excluding tert-OH is 2. The molecule has 0 amide bonds. The van der Waals surface area contributed by atoms with Crippen LogP contribution in [0.1, 0.15) is 12.8 Å². The number of ether oxygens (including phenoxy) is 4. The molecule has 2 heterocycles. The van der Waals surface area contributed by atoms with Gasteiger partial charge in [-0.15, -0.1) is 0 Å². The highest BCUT2D eigenvalue weighted by molar-refractivity contribution is 5.89. The molecule has 43 heavy (non-hydrogen) atoms. The molecule has 1 fully saturated rings. The molecule has 1 aromatic rings. The summed E-state index contributed by atoms with van der Waals surface area (Å²) >= 11 is 0. The number of hydrogen-bond acceptors (Lipinski definition) is 16. The number of esters is 2. The minimum absolute atomic E-state index is 0.0211. The predicted octanol–water partition coefficient (Wildman–Crippen LogP) is -2.62. The van der Waals surface area contributed by atoms with Crippen molar-refractivity contribution in [1.82, 2.24) is 0 Å². The van der Waals surface area contributed by atoms with Crippen molar-refractivity contribution in [2.24, 2.45) is 0 Å². The van der Waals surface area contributed by atoms with Gasteiger partial charge in [-0.05, 0) is 30.3 Å². The number of phenolic OH excluding ortho intramolecular Hbond substituents is 2. The van der Waals surface area contributed by atoms with Crippen LogP contribution < -0.4 is 20.4 Å². The summed E-state index contributed by atoms with van der Waals surface area (Å²) in [5.74, 6) is -7.31. The number of aliphatic carboxylic acids is 2. The van der Waals surface area contributed by atoms with E-state index >= 15 is 0 Å². The molecule has 0 bridgehead atoms. The predicted molar refractivity (Wildman–Crippen MR) is 132 cm³/mol. The number of carbonyl (C=O) groups excluding carboxylic acids is 4. The number of hydrogen-bond donors (Lipinski definition) is 4. The maximum atomic E-state index is 12.1. The second-order valence-corrected chi connectivity index (χ2v) is 9.22. The van der Waals surface area contributed by atoms with Crippen molar-refractivity contribution in [2.45, 2.75) is 43.5 Å². The number of benzene rings is 2. The standard InChI is InChI=1S/C27H24O16/c28-12-3-1-11(2-4-12)25-17(7-14-15(30)5-13(29)6-16(14)40-25)41-27-24(38)26(43-22(36)9-20(33)34)23(37)18(42-27)10-39-21(35)8-19(31)32/h1-7,18,23-24,26-28,30,37-38H,8-10H2,(H,31,32)(H,33,34)/p-2/t18-,23-,24-,26+,27-/m1/s1. The number of fused-ring (bicyclic) bond motifs is 1. The van der Waals surface area contributed by atoms with Crippen LogP contribution in [-0.4, -0.2) is 81.6 Å². The monoisotopic (exact) mass is 602 g/mol. The van der Waals surface area contributed by atoms with Crippen LogP contribution in [-0.2, 0) is 33.4 Å². The lowest BCUT2D eigenvalue weighted by atomic mass is 9.98. The van der Waals surface area contributed by atoms with E-state index in [4.69, 9.17) is 23.4 Å². The van der Waals surface area contributed by atoms with Crippen LogP contribution in [0.15, 0.2) is 51.7 Å². The Kier molecular flexibility index (Phi) is 9.13. The normalized spacial score (nSPS) is 21.6. The van der Waals surface area contributed by atoms with Gasteiger partial charge in [0.25, 0.3) is 0 Å². The van der Waals surface area contributed by atoms with Gasteiger partial charge in [-0.25, -0.2) is 0 Å². The summed E-state index contributed by atoms with van der Waals surface area (Å²) in [7, 11) is 0. The Bertz CT molecular complexity index is 1540. The fraction of sp³-hybridized carbons (Fsp3) is 0.296. The molecule has 16 heteroatoms. The van der Waals surface area contributed by atoms with E-state index in [-0.39, 0.29) is 34.1 Å². The fourth-order valence-corrected chi connectivity index (χ4v) is 4.13. The zero-order chi connectivity index (χ0) is 31.4. The maximum Gasteiger partial charge on any atom is 0.311 e. The lowest BCUT2D eigenvalue weighted by Crippen LogP contribution is -2.61. The number of carboxylic acids is 2. The van der Waals surface area contributed by atoms with Crippen LogP contribution in [0.3, 0.4) is 0 Å². The minimum atomic E-state index is -2.03. The number of phenols is 2. The van der Waals surface area contributed by atoms with Gasteiger partial charge >= 0.3 is 11.9 Å². The second-order valence-electron chi connectivity index (χ2n) is 9.22. The third kappa shape index (κ3) is 7.37. The smallest absolute Gasteiger partial charge is 0.311 e. The van der Waals surface area contributed by atoms with Crippen LogP contribution in [0.25, 0.3) is 22.6 Å². The minimum Gasteiger partial charge on any atom is -0.550 e. The van der Waals surface area contributed by atoms with E-state index in [1.807, 2.05) is 0 Å². The molecule has 1 saturated heterocycles. The summed E-state index contributed by atoms with van der Waals surface area (Å²) < 4.78 is 26.9. The van der Waals surface area contributed by atoms with Crippen molar-refractivity contribution in [2.75, 3.05) is 6.61 Å². The van der Waals surface area contributed by atoms with Crippen molar-refractivity contribution < 1.29 is 73.2 Å². The first-order valence-corrected chi connectivity index (χ1v) is 12.4. The molecule has 3 aliphatic rings. The van der Waals surface area contributed by atoms with E-state index in [0.29, 0.717) is 0 Å². The Labute approximate surface area is 240 Å². The van der Waals surface area contributed by atoms with E-state index in [9.17, 15) is 54.6 Å². The van der Waals surface area contributed by atoms with Gasteiger partial charge < -0.3 is 63.6 Å². The third-order valence-electron chi connectivity index (χ3n) is 6.07. The van der Waals surface area contributed by atoms with Crippen LogP contribution in [0.2, 0.25) is 0 Å². The SMILES string of the molecule is O=C([O-])CC(=O)OC[C@H]1O[C@@H](Oc2cc3c(O)cc(=O)cc-3oc2-c2ccc(O)cc2)[C@H](O)[C@@H](OC(=O)CC(=O)[O-])[C@@H]1O. The zero-order valence-electron chi connectivity index (χ0n) is 21.7. The van der Waals surface area contributed by atoms with Crippen molar-refractivity contribution >= 4 is 23.9 Å². The summed E-state index contributed by atoms with van der Waals surface area (Å²) in [5.41, 5.74) is -0.343. The molecule has 0 saturated carbocycles. The van der Waals surface area contributed by atoms with Crippen molar-refractivity contribution in [3.05, 3.63) is 52.7 Å². The van der Waals surface area contributed by atoms with Crippen LogP contribution in [0.5, 0.6) is 17.2 Å². The van der Waals surface area contributed by atoms with Gasteiger partial charge in [0, 0.05) is 17.7 Å². The van der Waals surface area contributed by atoms with Crippen LogP contribution in [0.4, 0.5) is 0 Å². The second kappa shape index (κ2) is 12.8. The number of carboxylic acid groups (broad SMARTS) is 2. The molecule has 1 aromatic carbocycles. The first-order chi connectivity index (χ1) is 20.3. The molecule has 0 radical (unpaired) electrons. The average Bonchev–Trinajstić information content (AvgIpc) is 2.91. The Morgan fingerprint density at radius 1 is 0.884 bits per heavy atom. The van der Waals surface area contributed by atoms with E-state index in [0.717, 1.165) is 12.1 Å². The van der Waals surface area contributed by atoms with Gasteiger partial charge in [0.1, 0.15) is 36.1 Å². The van der Waals surface area contributed by atoms with Gasteiger partial charge in [0.05, 0.1) is 30.3 Å². The number of carbonyl (C=O) groups is 4. The van der Waals surface area contributed by atoms with Gasteiger partial charge in [0.2, 0.25) is 6.29 Å². The number of aromatic hydroxyl groups is 2. The van der Waals surface area contributed by atoms with Crippen molar-refractivity contribution in [3.63, 3.8) is 0 Å². The quantitative estimate of drug-likeness (QED) is 0.137. The molecule has 5 atom stereocenters. The molecule has 228 valence electrons. The van der Waals surface area contributed by atoms with Gasteiger partial charge in [0.15, 0.2) is 29.1 Å². The molecule has 0 spiro atoms. The molecule has 4 N–H and O–H groups in total. The molecule has 0 unspecified atom stereocenters. The van der Waals surface area contributed by atoms with Gasteiger partial charge in [-0.2, -0.15) is 0 Å². The molecular formula is C27H22O16-2. The zero-order valence-corrected chi connectivity index (χ0v) is 21.7. The summed E-state index contributed by atoms with van der Waals surface area (Å²) in [5, 5.41) is 63.2. The van der Waals surface area contributed by atoms with E-state index in [1.54, 1.807) is 0 Å². The van der Waals surface area contributed by atoms with Gasteiger partial charge in [-0.3, -0.25) is 14.4 Å². The molecule has 2 aliphatic heterocycles. The first kappa shape index (κ1) is 30.8. The first-order valence-electron chi connectivity index (χ1n) is 12.4. The Morgan fingerprint density at radius 3 is 2.19 bits per heavy atom. The summed E-state index contributed by atoms with van der Waals surface area (Å²) in [6.45, 7) is -0.839. The highest BCUT2D eigenvalue weighted by Crippen LogP contribution is 2.42. The summed E-state index contributed by atoms with van der Waals surface area (Å²) in [4.78, 5) is 57.3. The summed E-state index contributed by atoms with van der Waals surface area (Å²) in [6, 6.07) is 8.59. The highest BCUT2D eigenvalue weighted by Gasteiger charge is 2.49. The number of rotatable bonds is 10.